The van der Waals surface area contributed by atoms with E-state index in [9.17, 15) is 5.11 Å². The minimum atomic E-state index is 0.0606. The first-order valence-electron chi connectivity index (χ1n) is 6.28. The van der Waals surface area contributed by atoms with E-state index >= 15 is 0 Å². The second-order valence-corrected chi connectivity index (χ2v) is 4.81. The Bertz CT molecular complexity index is 579. The van der Waals surface area contributed by atoms with Gasteiger partial charge in [0, 0.05) is 10.6 Å². The smallest absolute Gasteiger partial charge is 0.128 e. The van der Waals surface area contributed by atoms with Crippen LogP contribution in [0.4, 0.5) is 0 Å². The Labute approximate surface area is 118 Å². The summed E-state index contributed by atoms with van der Waals surface area (Å²) < 4.78 is 5.63. The Balaban J connectivity index is 2.48. The van der Waals surface area contributed by atoms with Gasteiger partial charge in [-0.3, -0.25) is 0 Å². The summed E-state index contributed by atoms with van der Waals surface area (Å²) in [6.07, 6.45) is 0. The minimum absolute atomic E-state index is 0.0606. The monoisotopic (exact) mass is 276 g/mol. The summed E-state index contributed by atoms with van der Waals surface area (Å²) >= 11 is 6.01. The molecule has 0 aromatic heterocycles. The Kier molecular flexibility index (Phi) is 4.46. The quantitative estimate of drug-likeness (QED) is 0.907. The van der Waals surface area contributed by atoms with E-state index in [-0.39, 0.29) is 6.61 Å². The second kappa shape index (κ2) is 6.09. The molecule has 0 aliphatic heterocycles. The number of hydrogen-bond donors (Lipinski definition) is 1. The fourth-order valence-corrected chi connectivity index (χ4v) is 2.21. The molecule has 1 N–H and O–H groups in total. The van der Waals surface area contributed by atoms with Crippen LogP contribution in [0.2, 0.25) is 5.02 Å². The first-order chi connectivity index (χ1) is 9.15. The van der Waals surface area contributed by atoms with E-state index in [0.29, 0.717) is 11.6 Å². The molecule has 2 nitrogen and oxygen atoms in total. The highest BCUT2D eigenvalue weighted by atomic mass is 35.5. The molecule has 0 unspecified atom stereocenters. The SMILES string of the molecule is CCOc1cc(Cl)ccc1-c1ccc(CO)c(C)c1. The van der Waals surface area contributed by atoms with Gasteiger partial charge >= 0.3 is 0 Å². The molecule has 100 valence electrons. The summed E-state index contributed by atoms with van der Waals surface area (Å²) in [6, 6.07) is 11.6. The molecule has 0 atom stereocenters. The first kappa shape index (κ1) is 13.9. The number of hydrogen-bond acceptors (Lipinski definition) is 2. The molecule has 0 saturated heterocycles. The molecule has 2 aromatic carbocycles. The molecule has 0 saturated carbocycles. The molecule has 2 aromatic rings. The number of aliphatic hydroxyl groups excluding tert-OH is 1. The van der Waals surface area contributed by atoms with E-state index in [2.05, 4.69) is 6.07 Å². The Morgan fingerprint density at radius 2 is 1.95 bits per heavy atom. The normalized spacial score (nSPS) is 10.5. The van der Waals surface area contributed by atoms with Crippen LogP contribution >= 0.6 is 11.6 Å². The molecule has 0 fully saturated rings. The summed E-state index contributed by atoms with van der Waals surface area (Å²) in [5.74, 6) is 0.783. The van der Waals surface area contributed by atoms with Gasteiger partial charge in [-0.1, -0.05) is 29.8 Å². The molecule has 0 radical (unpaired) electrons. The van der Waals surface area contributed by atoms with Crippen molar-refractivity contribution in [3.05, 3.63) is 52.5 Å². The van der Waals surface area contributed by atoms with Gasteiger partial charge in [0.2, 0.25) is 0 Å². The minimum Gasteiger partial charge on any atom is -0.493 e. The van der Waals surface area contributed by atoms with Crippen molar-refractivity contribution in [2.24, 2.45) is 0 Å². The van der Waals surface area contributed by atoms with Crippen molar-refractivity contribution in [2.45, 2.75) is 20.5 Å². The maximum atomic E-state index is 9.21. The van der Waals surface area contributed by atoms with Crippen molar-refractivity contribution in [3.8, 4) is 16.9 Å². The van der Waals surface area contributed by atoms with Crippen LogP contribution in [0.1, 0.15) is 18.1 Å². The molecule has 0 aliphatic rings. The van der Waals surface area contributed by atoms with Crippen LogP contribution in [-0.2, 0) is 6.61 Å². The molecule has 0 bridgehead atoms. The number of benzene rings is 2. The highest BCUT2D eigenvalue weighted by molar-refractivity contribution is 6.30. The van der Waals surface area contributed by atoms with E-state index in [4.69, 9.17) is 16.3 Å². The zero-order chi connectivity index (χ0) is 13.8. The number of aliphatic hydroxyl groups is 1. The van der Waals surface area contributed by atoms with Crippen molar-refractivity contribution in [3.63, 3.8) is 0 Å². The predicted octanol–water partition coefficient (Wildman–Crippen LogP) is 4.21. The third-order valence-corrected chi connectivity index (χ3v) is 3.30. The van der Waals surface area contributed by atoms with Gasteiger partial charge in [-0.2, -0.15) is 0 Å². The van der Waals surface area contributed by atoms with Crippen LogP contribution in [0.25, 0.3) is 11.1 Å². The maximum Gasteiger partial charge on any atom is 0.128 e. The lowest BCUT2D eigenvalue weighted by molar-refractivity contribution is 0.281. The van der Waals surface area contributed by atoms with E-state index in [1.54, 1.807) is 0 Å². The number of halogens is 1. The highest BCUT2D eigenvalue weighted by Gasteiger charge is 2.08. The molecule has 0 aliphatic carbocycles. The van der Waals surface area contributed by atoms with Gasteiger partial charge < -0.3 is 9.84 Å². The predicted molar refractivity (Wildman–Crippen MR) is 78.7 cm³/mol. The molecular formula is C16H17ClO2. The molecule has 19 heavy (non-hydrogen) atoms. The highest BCUT2D eigenvalue weighted by Crippen LogP contribution is 2.33. The zero-order valence-electron chi connectivity index (χ0n) is 11.1. The molecule has 0 heterocycles. The third-order valence-electron chi connectivity index (χ3n) is 3.07. The van der Waals surface area contributed by atoms with Crippen LogP contribution in [0.3, 0.4) is 0 Å². The average molecular weight is 277 g/mol. The summed E-state index contributed by atoms with van der Waals surface area (Å²) in [6.45, 7) is 4.60. The van der Waals surface area contributed by atoms with Crippen LogP contribution < -0.4 is 4.74 Å². The van der Waals surface area contributed by atoms with Crippen molar-refractivity contribution in [2.75, 3.05) is 6.61 Å². The van der Waals surface area contributed by atoms with Gasteiger partial charge in [0.05, 0.1) is 13.2 Å². The van der Waals surface area contributed by atoms with E-state index in [1.807, 2.05) is 44.2 Å². The van der Waals surface area contributed by atoms with Crippen LogP contribution in [0, 0.1) is 6.92 Å². The van der Waals surface area contributed by atoms with Crippen LogP contribution in [-0.4, -0.2) is 11.7 Å². The van der Waals surface area contributed by atoms with Crippen molar-refractivity contribution in [1.82, 2.24) is 0 Å². The van der Waals surface area contributed by atoms with Gasteiger partial charge in [-0.25, -0.2) is 0 Å². The van der Waals surface area contributed by atoms with Crippen LogP contribution in [0.15, 0.2) is 36.4 Å². The topological polar surface area (TPSA) is 29.5 Å². The number of aryl methyl sites for hydroxylation is 1. The number of rotatable bonds is 4. The van der Waals surface area contributed by atoms with Gasteiger partial charge in [0.25, 0.3) is 0 Å². The van der Waals surface area contributed by atoms with Gasteiger partial charge in [0.15, 0.2) is 0 Å². The summed E-state index contributed by atoms with van der Waals surface area (Å²) in [5.41, 5.74) is 4.08. The molecular weight excluding hydrogens is 260 g/mol. The summed E-state index contributed by atoms with van der Waals surface area (Å²) in [5, 5.41) is 9.88. The Morgan fingerprint density at radius 3 is 2.58 bits per heavy atom. The second-order valence-electron chi connectivity index (χ2n) is 4.37. The standard InChI is InChI=1S/C16H17ClO2/c1-3-19-16-9-14(17)6-7-15(16)12-4-5-13(10-18)11(2)8-12/h4-9,18H,3,10H2,1-2H3. The van der Waals surface area contributed by atoms with Crippen molar-refractivity contribution in [1.29, 1.82) is 0 Å². The van der Waals surface area contributed by atoms with Gasteiger partial charge in [-0.05, 0) is 48.7 Å². The summed E-state index contributed by atoms with van der Waals surface area (Å²) in [4.78, 5) is 0. The van der Waals surface area contributed by atoms with E-state index < -0.39 is 0 Å². The zero-order valence-corrected chi connectivity index (χ0v) is 11.9. The molecule has 0 amide bonds. The van der Waals surface area contributed by atoms with Gasteiger partial charge in [0.1, 0.15) is 5.75 Å². The summed E-state index contributed by atoms with van der Waals surface area (Å²) in [7, 11) is 0. The average Bonchev–Trinajstić information content (AvgIpc) is 2.39. The lowest BCUT2D eigenvalue weighted by Gasteiger charge is -2.12. The van der Waals surface area contributed by atoms with Crippen molar-refractivity contribution < 1.29 is 9.84 Å². The van der Waals surface area contributed by atoms with E-state index in [1.165, 1.54) is 0 Å². The molecule has 2 rings (SSSR count). The number of ether oxygens (including phenoxy) is 1. The third kappa shape index (κ3) is 3.09. The Morgan fingerprint density at radius 1 is 1.16 bits per heavy atom. The fraction of sp³-hybridized carbons (Fsp3) is 0.250. The van der Waals surface area contributed by atoms with Crippen LogP contribution in [0.5, 0.6) is 5.75 Å². The molecule has 0 spiro atoms. The molecule has 3 heteroatoms. The van der Waals surface area contributed by atoms with Gasteiger partial charge in [-0.15, -0.1) is 0 Å². The lowest BCUT2D eigenvalue weighted by atomic mass is 9.99. The fourth-order valence-electron chi connectivity index (χ4n) is 2.05. The Hall–Kier alpha value is -1.51. The lowest BCUT2D eigenvalue weighted by Crippen LogP contribution is -1.95. The maximum absolute atomic E-state index is 9.21. The largest absolute Gasteiger partial charge is 0.493 e. The first-order valence-corrected chi connectivity index (χ1v) is 6.66. The van der Waals surface area contributed by atoms with Crippen molar-refractivity contribution >= 4 is 11.6 Å². The van der Waals surface area contributed by atoms with E-state index in [0.717, 1.165) is 28.0 Å².